The minimum atomic E-state index is -0.456. The van der Waals surface area contributed by atoms with Gasteiger partial charge >= 0.3 is 0 Å². The number of aromatic nitrogens is 1. The molecule has 0 saturated carbocycles. The van der Waals surface area contributed by atoms with Crippen LogP contribution in [0.1, 0.15) is 23.5 Å². The highest BCUT2D eigenvalue weighted by Crippen LogP contribution is 2.16. The molecule has 0 aliphatic rings. The van der Waals surface area contributed by atoms with Crippen LogP contribution in [-0.2, 0) is 6.42 Å². The molecule has 4 heteroatoms. The summed E-state index contributed by atoms with van der Waals surface area (Å²) in [5.41, 5.74) is 0.852. The monoisotopic (exact) mass is 262 g/mol. The van der Waals surface area contributed by atoms with E-state index in [1.54, 1.807) is 24.5 Å². The molecule has 18 heavy (non-hydrogen) atoms. The maximum absolute atomic E-state index is 9.43. The van der Waals surface area contributed by atoms with Crippen LogP contribution in [0.3, 0.4) is 0 Å². The average Bonchev–Trinajstić information content (AvgIpc) is 2.89. The van der Waals surface area contributed by atoms with Gasteiger partial charge in [0.2, 0.25) is 0 Å². The highest BCUT2D eigenvalue weighted by Gasteiger charge is 2.05. The van der Waals surface area contributed by atoms with Gasteiger partial charge in [-0.15, -0.1) is 11.3 Å². The molecular weight excluding hydrogens is 244 g/mol. The van der Waals surface area contributed by atoms with Crippen LogP contribution >= 0.6 is 11.3 Å². The standard InChI is InChI=1S/C14H18N2OS/c1-11(17)12-5-6-14(15-10-12)16(2)8-7-13-4-3-9-18-13/h3-6,9-11,17H,7-8H2,1-2H3/t11-/m1/s1. The van der Waals surface area contributed by atoms with Crippen molar-refractivity contribution in [1.82, 2.24) is 4.98 Å². The van der Waals surface area contributed by atoms with Crippen LogP contribution in [0.4, 0.5) is 5.82 Å². The van der Waals surface area contributed by atoms with E-state index in [1.807, 2.05) is 19.2 Å². The Morgan fingerprint density at radius 1 is 1.39 bits per heavy atom. The normalized spacial score (nSPS) is 12.4. The van der Waals surface area contributed by atoms with E-state index in [4.69, 9.17) is 0 Å². The Labute approximate surface area is 112 Å². The summed E-state index contributed by atoms with van der Waals surface area (Å²) >= 11 is 1.79. The molecule has 2 aromatic heterocycles. The lowest BCUT2D eigenvalue weighted by atomic mass is 10.2. The largest absolute Gasteiger partial charge is 0.389 e. The molecule has 1 atom stereocenters. The summed E-state index contributed by atoms with van der Waals surface area (Å²) in [6, 6.07) is 8.11. The molecule has 0 bridgehead atoms. The van der Waals surface area contributed by atoms with Crippen LogP contribution in [0, 0.1) is 0 Å². The number of nitrogens with zero attached hydrogens (tertiary/aromatic N) is 2. The molecule has 2 rings (SSSR count). The zero-order chi connectivity index (χ0) is 13.0. The number of aliphatic hydroxyl groups is 1. The van der Waals surface area contributed by atoms with E-state index in [0.29, 0.717) is 0 Å². The Morgan fingerprint density at radius 2 is 2.22 bits per heavy atom. The predicted molar refractivity (Wildman–Crippen MR) is 76.2 cm³/mol. The van der Waals surface area contributed by atoms with Crippen LogP contribution < -0.4 is 4.90 Å². The molecular formula is C14H18N2OS. The third-order valence-corrected chi connectivity index (χ3v) is 3.85. The first kappa shape index (κ1) is 13.1. The van der Waals surface area contributed by atoms with Gasteiger partial charge in [-0.2, -0.15) is 0 Å². The van der Waals surface area contributed by atoms with E-state index in [9.17, 15) is 5.11 Å². The van der Waals surface area contributed by atoms with Gasteiger partial charge in [-0.1, -0.05) is 12.1 Å². The third-order valence-electron chi connectivity index (χ3n) is 2.92. The van der Waals surface area contributed by atoms with Gasteiger partial charge in [0.05, 0.1) is 6.10 Å². The molecule has 1 N–H and O–H groups in total. The highest BCUT2D eigenvalue weighted by molar-refractivity contribution is 7.09. The van der Waals surface area contributed by atoms with E-state index in [2.05, 4.69) is 27.4 Å². The van der Waals surface area contributed by atoms with Crippen molar-refractivity contribution in [2.75, 3.05) is 18.5 Å². The van der Waals surface area contributed by atoms with E-state index in [1.165, 1.54) is 4.88 Å². The molecule has 0 saturated heterocycles. The number of thiophene rings is 1. The van der Waals surface area contributed by atoms with Crippen LogP contribution in [0.5, 0.6) is 0 Å². The Morgan fingerprint density at radius 3 is 2.78 bits per heavy atom. The third kappa shape index (κ3) is 3.31. The minimum Gasteiger partial charge on any atom is -0.389 e. The topological polar surface area (TPSA) is 36.4 Å². The lowest BCUT2D eigenvalue weighted by Crippen LogP contribution is -2.21. The maximum Gasteiger partial charge on any atom is 0.128 e. The molecule has 0 spiro atoms. The summed E-state index contributed by atoms with van der Waals surface area (Å²) in [6.45, 7) is 2.69. The molecule has 0 aliphatic heterocycles. The molecule has 0 amide bonds. The van der Waals surface area contributed by atoms with E-state index >= 15 is 0 Å². The van der Waals surface area contributed by atoms with Crippen molar-refractivity contribution in [2.24, 2.45) is 0 Å². The smallest absolute Gasteiger partial charge is 0.128 e. The first-order valence-corrected chi connectivity index (χ1v) is 6.92. The Hall–Kier alpha value is -1.39. The van der Waals surface area contributed by atoms with Crippen LogP contribution in [0.2, 0.25) is 0 Å². The molecule has 0 unspecified atom stereocenters. The van der Waals surface area contributed by atoms with Gasteiger partial charge in [0, 0.05) is 24.7 Å². The Bertz CT molecular complexity index is 465. The number of hydrogen-bond acceptors (Lipinski definition) is 4. The van der Waals surface area contributed by atoms with Crippen LogP contribution in [-0.4, -0.2) is 23.7 Å². The van der Waals surface area contributed by atoms with Crippen molar-refractivity contribution in [3.63, 3.8) is 0 Å². The maximum atomic E-state index is 9.43. The molecule has 2 heterocycles. The lowest BCUT2D eigenvalue weighted by molar-refractivity contribution is 0.199. The van der Waals surface area contributed by atoms with Crippen molar-refractivity contribution in [2.45, 2.75) is 19.4 Å². The van der Waals surface area contributed by atoms with Gasteiger partial charge in [-0.3, -0.25) is 0 Å². The van der Waals surface area contributed by atoms with Gasteiger partial charge in [-0.05, 0) is 36.4 Å². The number of hydrogen-bond donors (Lipinski definition) is 1. The first-order chi connectivity index (χ1) is 8.66. The molecule has 96 valence electrons. The second kappa shape index (κ2) is 5.98. The number of rotatable bonds is 5. The highest BCUT2D eigenvalue weighted by atomic mass is 32.1. The Balaban J connectivity index is 1.94. The molecule has 0 fully saturated rings. The molecule has 0 aliphatic carbocycles. The molecule has 3 nitrogen and oxygen atoms in total. The fourth-order valence-electron chi connectivity index (χ4n) is 1.72. The van der Waals surface area contributed by atoms with Crippen molar-refractivity contribution >= 4 is 17.2 Å². The molecule has 2 aromatic rings. The quantitative estimate of drug-likeness (QED) is 0.900. The van der Waals surface area contributed by atoms with E-state index in [-0.39, 0.29) is 0 Å². The zero-order valence-corrected chi connectivity index (χ0v) is 11.5. The average molecular weight is 262 g/mol. The molecule has 0 radical (unpaired) electrons. The summed E-state index contributed by atoms with van der Waals surface area (Å²) in [7, 11) is 2.04. The number of anilines is 1. The van der Waals surface area contributed by atoms with Gasteiger partial charge in [0.25, 0.3) is 0 Å². The van der Waals surface area contributed by atoms with Gasteiger partial charge < -0.3 is 10.0 Å². The second-order valence-corrected chi connectivity index (χ2v) is 5.41. The summed E-state index contributed by atoms with van der Waals surface area (Å²) in [5, 5.41) is 11.5. The van der Waals surface area contributed by atoms with Crippen LogP contribution in [0.15, 0.2) is 35.8 Å². The fourth-order valence-corrected chi connectivity index (χ4v) is 2.42. The first-order valence-electron chi connectivity index (χ1n) is 6.04. The summed E-state index contributed by atoms with van der Waals surface area (Å²) in [5.74, 6) is 0.941. The number of pyridine rings is 1. The van der Waals surface area contributed by atoms with Crippen molar-refractivity contribution in [1.29, 1.82) is 0 Å². The zero-order valence-electron chi connectivity index (χ0n) is 10.7. The number of aliphatic hydroxyl groups excluding tert-OH is 1. The summed E-state index contributed by atoms with van der Waals surface area (Å²) in [4.78, 5) is 7.89. The summed E-state index contributed by atoms with van der Waals surface area (Å²) in [6.07, 6.45) is 2.32. The fraction of sp³-hybridized carbons (Fsp3) is 0.357. The van der Waals surface area contributed by atoms with Crippen LogP contribution in [0.25, 0.3) is 0 Å². The SMILES string of the molecule is C[C@@H](O)c1ccc(N(C)CCc2cccs2)nc1. The van der Waals surface area contributed by atoms with Crippen molar-refractivity contribution in [3.05, 3.63) is 46.3 Å². The van der Waals surface area contributed by atoms with Gasteiger partial charge in [0.15, 0.2) is 0 Å². The van der Waals surface area contributed by atoms with E-state index in [0.717, 1.165) is 24.3 Å². The van der Waals surface area contributed by atoms with Gasteiger partial charge in [-0.25, -0.2) is 4.98 Å². The second-order valence-electron chi connectivity index (χ2n) is 4.38. The van der Waals surface area contributed by atoms with E-state index < -0.39 is 6.10 Å². The minimum absolute atomic E-state index is 0.456. The lowest BCUT2D eigenvalue weighted by Gasteiger charge is -2.18. The molecule has 0 aromatic carbocycles. The van der Waals surface area contributed by atoms with Gasteiger partial charge in [0.1, 0.15) is 5.82 Å². The summed E-state index contributed by atoms with van der Waals surface area (Å²) < 4.78 is 0. The number of likely N-dealkylation sites (N-methyl/N-ethyl adjacent to an activating group) is 1. The predicted octanol–water partition coefficient (Wildman–Crippen LogP) is 2.88. The Kier molecular flexibility index (Phi) is 4.33. The van der Waals surface area contributed by atoms with Crippen molar-refractivity contribution in [3.8, 4) is 0 Å². The van der Waals surface area contributed by atoms with Crippen molar-refractivity contribution < 1.29 is 5.11 Å².